The summed E-state index contributed by atoms with van der Waals surface area (Å²) >= 11 is 7.74. The molecule has 0 saturated carbocycles. The lowest BCUT2D eigenvalue weighted by Crippen LogP contribution is -2.03. The Morgan fingerprint density at radius 2 is 0.850 bits per heavy atom. The van der Waals surface area contributed by atoms with Gasteiger partial charge in [-0.2, -0.15) is 0 Å². The monoisotopic (exact) mass is 336 g/mol. The Morgan fingerprint density at radius 1 is 0.800 bits per heavy atom. The Labute approximate surface area is 127 Å². The molecule has 0 amide bonds. The van der Waals surface area contributed by atoms with Crippen molar-refractivity contribution in [1.82, 2.24) is 12.3 Å². The maximum atomic E-state index is 9.37. The summed E-state index contributed by atoms with van der Waals surface area (Å²) in [4.78, 5) is 18.7. The van der Waals surface area contributed by atoms with Crippen LogP contribution in [0.4, 0.5) is 0 Å². The van der Waals surface area contributed by atoms with E-state index in [4.69, 9.17) is 20.4 Å². The van der Waals surface area contributed by atoms with Gasteiger partial charge in [0, 0.05) is 12.8 Å². The number of hydrogen-bond acceptors (Lipinski definition) is 6. The van der Waals surface area contributed by atoms with Crippen molar-refractivity contribution >= 4 is 46.7 Å². The summed E-state index contributed by atoms with van der Waals surface area (Å²) in [7, 11) is 0. The highest BCUT2D eigenvalue weighted by Crippen LogP contribution is 1.67. The zero-order valence-electron chi connectivity index (χ0n) is 11.4. The van der Waals surface area contributed by atoms with Crippen LogP contribution in [-0.4, -0.2) is 42.7 Å². The maximum absolute atomic E-state index is 9.37. The van der Waals surface area contributed by atoms with Crippen molar-refractivity contribution in [2.24, 2.45) is 11.5 Å². The van der Waals surface area contributed by atoms with Gasteiger partial charge in [-0.25, -0.2) is 0 Å². The molecule has 0 bridgehead atoms. The van der Waals surface area contributed by atoms with Crippen molar-refractivity contribution in [1.29, 1.82) is 0 Å². The van der Waals surface area contributed by atoms with Crippen LogP contribution in [0.15, 0.2) is 0 Å². The third kappa shape index (κ3) is 752. The van der Waals surface area contributed by atoms with Gasteiger partial charge in [0.15, 0.2) is 0 Å². The second kappa shape index (κ2) is 30.3. The van der Waals surface area contributed by atoms with Crippen LogP contribution >= 0.6 is 24.4 Å². The standard InChI is InChI=1S/2C3H6O2.2CH3NOS.2H3N/c2*1-2-3(4)5;2*2-1(3)4;;/h2*2H2,1H3,(H,4,5);2*(H3,2,3,4);2*1H3. The molecule has 20 heavy (non-hydrogen) atoms. The summed E-state index contributed by atoms with van der Waals surface area (Å²) in [5.74, 6) is -1.49. The van der Waals surface area contributed by atoms with Crippen LogP contribution in [0.2, 0.25) is 0 Å². The predicted octanol–water partition coefficient (Wildman–Crippen LogP) is 0.862. The highest BCUT2D eigenvalue weighted by molar-refractivity contribution is 7.80. The quantitative estimate of drug-likeness (QED) is 0.327. The van der Waals surface area contributed by atoms with Crippen molar-refractivity contribution in [3.63, 3.8) is 0 Å². The minimum atomic E-state index is -0.745. The van der Waals surface area contributed by atoms with Crippen LogP contribution in [0, 0.1) is 0 Å². The first-order chi connectivity index (χ1) is 8.00. The summed E-state index contributed by atoms with van der Waals surface area (Å²) in [5, 5.41) is 29.6. The average Bonchev–Trinajstić information content (AvgIpc) is 2.16. The Hall–Kier alpha value is -1.76. The second-order valence-corrected chi connectivity index (χ2v) is 3.01. The molecule has 0 aromatic rings. The molecule has 10 nitrogen and oxygen atoms in total. The summed E-state index contributed by atoms with van der Waals surface area (Å²) in [6.07, 6.45) is 0.444. The van der Waals surface area contributed by atoms with Crippen molar-refractivity contribution in [3.05, 3.63) is 0 Å². The van der Waals surface area contributed by atoms with Crippen molar-refractivity contribution < 1.29 is 30.0 Å². The number of aliphatic carboxylic acids is 2. The first kappa shape index (κ1) is 36.2. The van der Waals surface area contributed by atoms with Gasteiger partial charge in [0.25, 0.3) is 10.3 Å². The minimum absolute atomic E-state index is 0. The van der Waals surface area contributed by atoms with Crippen LogP contribution in [0.1, 0.15) is 26.7 Å². The summed E-state index contributed by atoms with van der Waals surface area (Å²) in [5.41, 5.74) is 8.80. The van der Waals surface area contributed by atoms with Crippen molar-refractivity contribution in [3.8, 4) is 0 Å². The number of thiocarbonyl (C=S) groups is 2. The van der Waals surface area contributed by atoms with E-state index in [9.17, 15) is 9.59 Å². The van der Waals surface area contributed by atoms with E-state index in [0.717, 1.165) is 0 Å². The van der Waals surface area contributed by atoms with Gasteiger partial charge in [-0.05, 0) is 24.4 Å². The molecule has 0 spiro atoms. The molecule has 0 aliphatic carbocycles. The molecule has 0 rings (SSSR count). The predicted molar refractivity (Wildman–Crippen MR) is 84.7 cm³/mol. The van der Waals surface area contributed by atoms with Gasteiger partial charge >= 0.3 is 11.9 Å². The third-order valence-corrected chi connectivity index (χ3v) is 0.605. The van der Waals surface area contributed by atoms with Gasteiger partial charge in [0.05, 0.1) is 0 Å². The van der Waals surface area contributed by atoms with Gasteiger partial charge in [-0.3, -0.25) is 9.59 Å². The number of carboxylic acids is 2. The molecule has 0 fully saturated rings. The molecule has 0 aliphatic rings. The molecular weight excluding hydrogens is 312 g/mol. The van der Waals surface area contributed by atoms with E-state index in [1.807, 2.05) is 0 Å². The molecule has 0 aromatic carbocycles. The summed E-state index contributed by atoms with van der Waals surface area (Å²) in [6.45, 7) is 3.20. The maximum Gasteiger partial charge on any atom is 0.303 e. The van der Waals surface area contributed by atoms with E-state index in [2.05, 4.69) is 35.9 Å². The fourth-order valence-corrected chi connectivity index (χ4v) is 0. The lowest BCUT2D eigenvalue weighted by Gasteiger charge is -1.71. The van der Waals surface area contributed by atoms with E-state index in [1.54, 1.807) is 13.8 Å². The SMILES string of the molecule is CCC(=O)O.CCC(=O)O.N.N.NC(O)=S.NC(O)=S. The van der Waals surface area contributed by atoms with Gasteiger partial charge in [0.2, 0.25) is 0 Å². The number of carbonyl (C=O) groups is 2. The van der Waals surface area contributed by atoms with Crippen LogP contribution in [0.3, 0.4) is 0 Å². The molecule has 0 aliphatic heterocycles. The molecule has 124 valence electrons. The smallest absolute Gasteiger partial charge is 0.303 e. The second-order valence-electron chi connectivity index (χ2n) is 2.17. The molecule has 0 atom stereocenters. The largest absolute Gasteiger partial charge is 0.487 e. The lowest BCUT2D eigenvalue weighted by molar-refractivity contribution is -0.137. The zero-order valence-corrected chi connectivity index (χ0v) is 13.0. The number of aliphatic hydroxyl groups excluding tert-OH is 2. The molecule has 0 saturated heterocycles. The van der Waals surface area contributed by atoms with Gasteiger partial charge in [0.1, 0.15) is 0 Å². The summed E-state index contributed by atoms with van der Waals surface area (Å²) in [6, 6.07) is 0. The van der Waals surface area contributed by atoms with E-state index in [-0.39, 0.29) is 25.1 Å². The van der Waals surface area contributed by atoms with E-state index < -0.39 is 22.3 Å². The number of carboxylic acid groups (broad SMARTS) is 2. The number of nitrogens with two attached hydrogens (primary N) is 2. The highest BCUT2D eigenvalue weighted by atomic mass is 32.1. The van der Waals surface area contributed by atoms with Crippen LogP contribution in [0.5, 0.6) is 0 Å². The molecule has 0 aromatic heterocycles. The molecular formula is C8H24N4O6S2. The number of hydrogen-bond donors (Lipinski definition) is 8. The Bertz CT molecular complexity index is 231. The van der Waals surface area contributed by atoms with E-state index >= 15 is 0 Å². The van der Waals surface area contributed by atoms with Gasteiger partial charge < -0.3 is 44.2 Å². The van der Waals surface area contributed by atoms with E-state index in [1.165, 1.54) is 0 Å². The van der Waals surface area contributed by atoms with E-state index in [0.29, 0.717) is 0 Å². The molecule has 0 radical (unpaired) electrons. The fourth-order valence-electron chi connectivity index (χ4n) is 0. The van der Waals surface area contributed by atoms with Crippen molar-refractivity contribution in [2.45, 2.75) is 26.7 Å². The van der Waals surface area contributed by atoms with Gasteiger partial charge in [-0.1, -0.05) is 13.8 Å². The summed E-state index contributed by atoms with van der Waals surface area (Å²) < 4.78 is 0. The van der Waals surface area contributed by atoms with Gasteiger partial charge in [-0.15, -0.1) is 0 Å². The highest BCUT2D eigenvalue weighted by Gasteiger charge is 1.81. The molecule has 0 heterocycles. The molecule has 12 heteroatoms. The third-order valence-electron chi connectivity index (χ3n) is 0.605. The zero-order chi connectivity index (χ0) is 15.7. The Kier molecular flexibility index (Phi) is 54.9. The van der Waals surface area contributed by atoms with Crippen LogP contribution in [0.25, 0.3) is 0 Å². The van der Waals surface area contributed by atoms with Crippen molar-refractivity contribution in [2.75, 3.05) is 0 Å². The topological polar surface area (TPSA) is 237 Å². The first-order valence-electron chi connectivity index (χ1n) is 4.41. The van der Waals surface area contributed by atoms with Crippen LogP contribution in [-0.2, 0) is 9.59 Å². The van der Waals surface area contributed by atoms with Crippen LogP contribution < -0.4 is 23.8 Å². The Balaban J connectivity index is -0.0000000318. The lowest BCUT2D eigenvalue weighted by atomic mass is 10.5. The minimum Gasteiger partial charge on any atom is -0.487 e. The number of aliphatic hydroxyl groups is 2. The number of rotatable bonds is 2. The molecule has 0 unspecified atom stereocenters. The normalized spacial score (nSPS) is 6.10. The molecule has 14 N–H and O–H groups in total. The first-order valence-corrected chi connectivity index (χ1v) is 5.23. The average molecular weight is 336 g/mol. The fraction of sp³-hybridized carbons (Fsp3) is 0.500. The Morgan fingerprint density at radius 3 is 0.850 bits per heavy atom.